The number of fused-ring (bicyclic) bond motifs is 1. The van der Waals surface area contributed by atoms with Crippen molar-refractivity contribution >= 4 is 33.7 Å². The number of thiophene rings is 1. The van der Waals surface area contributed by atoms with Crippen molar-refractivity contribution < 1.29 is 4.79 Å². The molecule has 36 heavy (non-hydrogen) atoms. The number of benzene rings is 3. The molecule has 2 atom stereocenters. The monoisotopic (exact) mass is 495 g/mol. The van der Waals surface area contributed by atoms with Crippen LogP contribution in [-0.4, -0.2) is 48.4 Å². The molecule has 2 saturated heterocycles. The Morgan fingerprint density at radius 2 is 1.72 bits per heavy atom. The Balaban J connectivity index is 1.17. The van der Waals surface area contributed by atoms with Crippen LogP contribution >= 0.6 is 11.3 Å². The molecular formula is C31H33N3OS. The average molecular weight is 496 g/mol. The fraction of sp³-hybridized carbons (Fsp3) is 0.323. The van der Waals surface area contributed by atoms with E-state index in [0.29, 0.717) is 17.8 Å². The number of rotatable bonds is 5. The molecule has 2 fully saturated rings. The summed E-state index contributed by atoms with van der Waals surface area (Å²) >= 11 is 1.75. The maximum atomic E-state index is 13.7. The largest absolute Gasteiger partial charge is 0.399 e. The van der Waals surface area contributed by atoms with Crippen LogP contribution in [0.2, 0.25) is 0 Å². The minimum atomic E-state index is 0.162. The molecule has 0 radical (unpaired) electrons. The Hall–Kier alpha value is -3.15. The van der Waals surface area contributed by atoms with Gasteiger partial charge in [0.25, 0.3) is 5.91 Å². The Kier molecular flexibility index (Phi) is 6.51. The highest BCUT2D eigenvalue weighted by Crippen LogP contribution is 2.37. The van der Waals surface area contributed by atoms with Gasteiger partial charge in [-0.1, -0.05) is 48.5 Å². The number of anilines is 1. The number of piperidine rings is 1. The van der Waals surface area contributed by atoms with Crippen molar-refractivity contribution in [3.05, 3.63) is 100 Å². The third-order valence-electron chi connectivity index (χ3n) is 8.18. The molecule has 2 unspecified atom stereocenters. The van der Waals surface area contributed by atoms with Gasteiger partial charge < -0.3 is 15.5 Å². The van der Waals surface area contributed by atoms with E-state index in [4.69, 9.17) is 5.73 Å². The van der Waals surface area contributed by atoms with E-state index < -0.39 is 0 Å². The minimum Gasteiger partial charge on any atom is -0.399 e. The standard InChI is InChI=1S/C31H33N3OS/c32-27-8-3-7-24(17-27)22-11-14-33(15-12-22)18-26-19-34(20-30(26)25-13-16-36-21-25)31(35)29-10-4-6-23-5-1-2-9-28(23)29/h1-10,13,16-17,21-22,26,30H,11-12,14-15,18-20,32H2. The lowest BCUT2D eigenvalue weighted by Gasteiger charge is -2.34. The first kappa shape index (κ1) is 23.3. The molecule has 2 aliphatic rings. The molecule has 2 N–H and O–H groups in total. The maximum absolute atomic E-state index is 13.7. The molecule has 4 aromatic rings. The van der Waals surface area contributed by atoms with Crippen molar-refractivity contribution in [1.82, 2.24) is 9.80 Å². The molecule has 4 nitrogen and oxygen atoms in total. The zero-order chi connectivity index (χ0) is 24.5. The summed E-state index contributed by atoms with van der Waals surface area (Å²) < 4.78 is 0. The van der Waals surface area contributed by atoms with Gasteiger partial charge in [0.05, 0.1) is 0 Å². The first-order valence-electron chi connectivity index (χ1n) is 13.0. The lowest BCUT2D eigenvalue weighted by Crippen LogP contribution is -2.38. The summed E-state index contributed by atoms with van der Waals surface area (Å²) in [5.41, 5.74) is 10.5. The first-order chi connectivity index (χ1) is 17.7. The molecular weight excluding hydrogens is 462 g/mol. The fourth-order valence-corrected chi connectivity index (χ4v) is 6.99. The van der Waals surface area contributed by atoms with E-state index in [0.717, 1.165) is 67.6 Å². The van der Waals surface area contributed by atoms with Crippen LogP contribution in [0, 0.1) is 5.92 Å². The van der Waals surface area contributed by atoms with E-state index in [2.05, 4.69) is 63.0 Å². The highest BCUT2D eigenvalue weighted by atomic mass is 32.1. The van der Waals surface area contributed by atoms with E-state index in [9.17, 15) is 4.79 Å². The fourth-order valence-electron chi connectivity index (χ4n) is 6.26. The van der Waals surface area contributed by atoms with Gasteiger partial charge in [-0.05, 0) is 94.7 Å². The Morgan fingerprint density at radius 3 is 2.53 bits per heavy atom. The van der Waals surface area contributed by atoms with Crippen LogP contribution in [0.4, 0.5) is 5.69 Å². The van der Waals surface area contributed by atoms with Crippen LogP contribution in [0.25, 0.3) is 10.8 Å². The molecule has 6 rings (SSSR count). The molecule has 1 aromatic heterocycles. The van der Waals surface area contributed by atoms with Crippen molar-refractivity contribution in [3.8, 4) is 0 Å². The van der Waals surface area contributed by atoms with Crippen LogP contribution in [0.5, 0.6) is 0 Å². The molecule has 5 heteroatoms. The molecule has 3 aromatic carbocycles. The molecule has 0 spiro atoms. The van der Waals surface area contributed by atoms with Crippen LogP contribution in [0.15, 0.2) is 83.6 Å². The lowest BCUT2D eigenvalue weighted by molar-refractivity contribution is 0.0783. The van der Waals surface area contributed by atoms with E-state index in [1.807, 2.05) is 30.3 Å². The quantitative estimate of drug-likeness (QED) is 0.335. The van der Waals surface area contributed by atoms with E-state index in [-0.39, 0.29) is 5.91 Å². The third kappa shape index (κ3) is 4.65. The molecule has 0 saturated carbocycles. The van der Waals surface area contributed by atoms with Crippen LogP contribution in [0.1, 0.15) is 46.2 Å². The number of amides is 1. The summed E-state index contributed by atoms with van der Waals surface area (Å²) in [4.78, 5) is 18.5. The van der Waals surface area contributed by atoms with Gasteiger partial charge in [0.2, 0.25) is 0 Å². The number of nitrogen functional groups attached to an aromatic ring is 1. The second-order valence-corrected chi connectivity index (χ2v) is 11.2. The van der Waals surface area contributed by atoms with Crippen LogP contribution in [-0.2, 0) is 0 Å². The molecule has 0 aliphatic carbocycles. The highest BCUT2D eigenvalue weighted by molar-refractivity contribution is 7.08. The predicted molar refractivity (Wildman–Crippen MR) is 150 cm³/mol. The van der Waals surface area contributed by atoms with Crippen LogP contribution in [0.3, 0.4) is 0 Å². The number of nitrogens with zero attached hydrogens (tertiary/aromatic N) is 2. The SMILES string of the molecule is Nc1cccc(C2CCN(CC3CN(C(=O)c4cccc5ccccc45)CC3c3ccsc3)CC2)c1. The number of carbonyl (C=O) groups is 1. The Morgan fingerprint density at radius 1 is 0.917 bits per heavy atom. The van der Waals surface area contributed by atoms with Gasteiger partial charge in [0.15, 0.2) is 0 Å². The predicted octanol–water partition coefficient (Wildman–Crippen LogP) is 6.22. The third-order valence-corrected chi connectivity index (χ3v) is 8.88. The minimum absolute atomic E-state index is 0.162. The summed E-state index contributed by atoms with van der Waals surface area (Å²) in [6.07, 6.45) is 2.33. The van der Waals surface area contributed by atoms with Gasteiger partial charge in [-0.25, -0.2) is 0 Å². The molecule has 0 bridgehead atoms. The second kappa shape index (κ2) is 10.1. The summed E-state index contributed by atoms with van der Waals surface area (Å²) in [6.45, 7) is 4.86. The molecule has 184 valence electrons. The van der Waals surface area contributed by atoms with Gasteiger partial charge in [-0.2, -0.15) is 11.3 Å². The zero-order valence-corrected chi connectivity index (χ0v) is 21.4. The smallest absolute Gasteiger partial charge is 0.254 e. The molecule has 3 heterocycles. The van der Waals surface area contributed by atoms with E-state index >= 15 is 0 Å². The van der Waals surface area contributed by atoms with Gasteiger partial charge >= 0.3 is 0 Å². The van der Waals surface area contributed by atoms with Crippen molar-refractivity contribution in [2.45, 2.75) is 24.7 Å². The van der Waals surface area contributed by atoms with Crippen molar-refractivity contribution in [3.63, 3.8) is 0 Å². The zero-order valence-electron chi connectivity index (χ0n) is 20.6. The van der Waals surface area contributed by atoms with Gasteiger partial charge in [-0.15, -0.1) is 0 Å². The van der Waals surface area contributed by atoms with Crippen LogP contribution < -0.4 is 5.73 Å². The summed E-state index contributed by atoms with van der Waals surface area (Å²) in [6, 6.07) is 24.9. The Bertz CT molecular complexity index is 1340. The van der Waals surface area contributed by atoms with Gasteiger partial charge in [-0.3, -0.25) is 4.79 Å². The molecule has 2 aliphatic heterocycles. The number of likely N-dealkylation sites (tertiary alicyclic amines) is 2. The number of nitrogens with two attached hydrogens (primary N) is 1. The van der Waals surface area contributed by atoms with Crippen molar-refractivity contribution in [2.75, 3.05) is 38.5 Å². The number of hydrogen-bond acceptors (Lipinski definition) is 4. The van der Waals surface area contributed by atoms with Crippen molar-refractivity contribution in [2.24, 2.45) is 5.92 Å². The maximum Gasteiger partial charge on any atom is 0.254 e. The van der Waals surface area contributed by atoms with E-state index in [1.165, 1.54) is 11.1 Å². The summed E-state index contributed by atoms with van der Waals surface area (Å²) in [5, 5.41) is 6.61. The normalized spacial score (nSPS) is 21.3. The average Bonchev–Trinajstić information content (AvgIpc) is 3.59. The lowest BCUT2D eigenvalue weighted by atomic mass is 9.87. The molecule has 1 amide bonds. The highest BCUT2D eigenvalue weighted by Gasteiger charge is 2.38. The first-order valence-corrected chi connectivity index (χ1v) is 14.0. The second-order valence-electron chi connectivity index (χ2n) is 10.4. The number of hydrogen-bond donors (Lipinski definition) is 1. The summed E-state index contributed by atoms with van der Waals surface area (Å²) in [5.74, 6) is 1.59. The van der Waals surface area contributed by atoms with E-state index in [1.54, 1.807) is 11.3 Å². The van der Waals surface area contributed by atoms with Gasteiger partial charge in [0.1, 0.15) is 0 Å². The van der Waals surface area contributed by atoms with Gasteiger partial charge in [0, 0.05) is 36.8 Å². The number of carbonyl (C=O) groups excluding carboxylic acids is 1. The van der Waals surface area contributed by atoms with Crippen molar-refractivity contribution in [1.29, 1.82) is 0 Å². The summed E-state index contributed by atoms with van der Waals surface area (Å²) in [7, 11) is 0. The Labute approximate surface area is 217 Å². The topological polar surface area (TPSA) is 49.6 Å².